The van der Waals surface area contributed by atoms with E-state index >= 15 is 0 Å². The molecule has 6 nitrogen and oxygen atoms in total. The molecule has 0 saturated heterocycles. The Balaban J connectivity index is 1.76. The average molecular weight is 306 g/mol. The fourth-order valence-corrected chi connectivity index (χ4v) is 2.43. The van der Waals surface area contributed by atoms with E-state index in [9.17, 15) is 0 Å². The van der Waals surface area contributed by atoms with Crippen molar-refractivity contribution in [3.8, 4) is 17.4 Å². The number of benzene rings is 2. The number of ether oxygens (including phenoxy) is 2. The van der Waals surface area contributed by atoms with Crippen LogP contribution in [-0.2, 0) is 0 Å². The molecular weight excluding hydrogens is 292 g/mol. The monoisotopic (exact) mass is 306 g/mol. The maximum absolute atomic E-state index is 5.90. The first kappa shape index (κ1) is 13.5. The molecule has 0 atom stereocenters. The van der Waals surface area contributed by atoms with Crippen LogP contribution < -0.4 is 9.47 Å². The van der Waals surface area contributed by atoms with Crippen molar-refractivity contribution < 1.29 is 9.47 Å². The molecule has 2 aromatic heterocycles. The Morgan fingerprint density at radius 3 is 2.61 bits per heavy atom. The zero-order chi connectivity index (χ0) is 15.6. The largest absolute Gasteiger partial charge is 0.494 e. The molecular formula is C17H14N4O2. The van der Waals surface area contributed by atoms with Crippen molar-refractivity contribution in [2.45, 2.75) is 6.92 Å². The predicted octanol–water partition coefficient (Wildman–Crippen LogP) is 3.47. The molecule has 4 aromatic rings. The number of nitrogens with zero attached hydrogens (tertiary/aromatic N) is 4. The highest BCUT2D eigenvalue weighted by Gasteiger charge is 2.12. The van der Waals surface area contributed by atoms with E-state index in [0.29, 0.717) is 23.9 Å². The third-order valence-corrected chi connectivity index (χ3v) is 3.45. The molecule has 0 fully saturated rings. The molecule has 0 radical (unpaired) electrons. The van der Waals surface area contributed by atoms with Gasteiger partial charge in [-0.3, -0.25) is 4.40 Å². The predicted molar refractivity (Wildman–Crippen MR) is 86.0 cm³/mol. The number of aromatic nitrogens is 4. The Kier molecular flexibility index (Phi) is 3.27. The second-order valence-corrected chi connectivity index (χ2v) is 4.94. The van der Waals surface area contributed by atoms with E-state index in [1.165, 1.54) is 0 Å². The Labute approximate surface area is 132 Å². The van der Waals surface area contributed by atoms with E-state index in [2.05, 4.69) is 15.2 Å². The van der Waals surface area contributed by atoms with E-state index < -0.39 is 0 Å². The fraction of sp³-hybridized carbons (Fsp3) is 0.118. The lowest BCUT2D eigenvalue weighted by Crippen LogP contribution is -1.96. The molecule has 0 spiro atoms. The minimum atomic E-state index is 0.422. The summed E-state index contributed by atoms with van der Waals surface area (Å²) in [5.41, 5.74) is 2.34. The Hall–Kier alpha value is -3.15. The summed E-state index contributed by atoms with van der Waals surface area (Å²) < 4.78 is 13.2. The highest BCUT2D eigenvalue weighted by molar-refractivity contribution is 5.79. The van der Waals surface area contributed by atoms with Gasteiger partial charge in [0.25, 0.3) is 5.88 Å². The van der Waals surface area contributed by atoms with Gasteiger partial charge in [-0.15, -0.1) is 10.2 Å². The molecule has 0 unspecified atom stereocenters. The van der Waals surface area contributed by atoms with Crippen molar-refractivity contribution in [2.75, 3.05) is 6.61 Å². The molecule has 114 valence electrons. The third-order valence-electron chi connectivity index (χ3n) is 3.45. The summed E-state index contributed by atoms with van der Waals surface area (Å²) >= 11 is 0. The molecule has 2 aromatic carbocycles. The maximum atomic E-state index is 5.90. The van der Waals surface area contributed by atoms with Crippen LogP contribution in [0.3, 0.4) is 0 Å². The van der Waals surface area contributed by atoms with Crippen LogP contribution in [0.4, 0.5) is 0 Å². The minimum Gasteiger partial charge on any atom is -0.494 e. The van der Waals surface area contributed by atoms with Gasteiger partial charge in [0.05, 0.1) is 17.6 Å². The van der Waals surface area contributed by atoms with Gasteiger partial charge in [0.15, 0.2) is 0 Å². The smallest absolute Gasteiger partial charge is 0.266 e. The lowest BCUT2D eigenvalue weighted by Gasteiger charge is -2.09. The van der Waals surface area contributed by atoms with Crippen LogP contribution in [0, 0.1) is 0 Å². The first-order chi connectivity index (χ1) is 11.3. The van der Waals surface area contributed by atoms with Crippen LogP contribution in [0.25, 0.3) is 16.7 Å². The fourth-order valence-electron chi connectivity index (χ4n) is 2.43. The summed E-state index contributed by atoms with van der Waals surface area (Å²) in [6.45, 7) is 2.58. The van der Waals surface area contributed by atoms with Crippen LogP contribution in [0.15, 0.2) is 54.9 Å². The van der Waals surface area contributed by atoms with Crippen molar-refractivity contribution in [3.05, 3.63) is 54.9 Å². The van der Waals surface area contributed by atoms with E-state index in [1.807, 2.05) is 59.9 Å². The third kappa shape index (κ3) is 2.44. The van der Waals surface area contributed by atoms with Gasteiger partial charge in [0.1, 0.15) is 17.8 Å². The number of rotatable bonds is 4. The van der Waals surface area contributed by atoms with Gasteiger partial charge in [-0.1, -0.05) is 12.1 Å². The molecule has 23 heavy (non-hydrogen) atoms. The van der Waals surface area contributed by atoms with Gasteiger partial charge in [-0.05, 0) is 43.3 Å². The van der Waals surface area contributed by atoms with Gasteiger partial charge in [-0.2, -0.15) is 0 Å². The zero-order valence-electron chi connectivity index (χ0n) is 12.5. The van der Waals surface area contributed by atoms with Crippen molar-refractivity contribution in [1.29, 1.82) is 0 Å². The molecule has 2 heterocycles. The van der Waals surface area contributed by atoms with Gasteiger partial charge in [0.2, 0.25) is 5.65 Å². The van der Waals surface area contributed by atoms with Gasteiger partial charge < -0.3 is 9.47 Å². The van der Waals surface area contributed by atoms with Crippen molar-refractivity contribution >= 4 is 16.7 Å². The van der Waals surface area contributed by atoms with Gasteiger partial charge in [0, 0.05) is 0 Å². The topological polar surface area (TPSA) is 61.5 Å². The first-order valence-electron chi connectivity index (χ1n) is 7.34. The number of para-hydroxylation sites is 2. The summed E-state index contributed by atoms with van der Waals surface area (Å²) in [7, 11) is 0. The molecule has 0 saturated carbocycles. The van der Waals surface area contributed by atoms with E-state index in [1.54, 1.807) is 6.33 Å². The summed E-state index contributed by atoms with van der Waals surface area (Å²) in [5.74, 6) is 1.89. The Bertz CT molecular complexity index is 963. The highest BCUT2D eigenvalue weighted by Crippen LogP contribution is 2.27. The molecule has 0 aliphatic carbocycles. The maximum Gasteiger partial charge on any atom is 0.266 e. The lowest BCUT2D eigenvalue weighted by atomic mass is 10.3. The molecule has 6 heteroatoms. The first-order valence-corrected chi connectivity index (χ1v) is 7.34. The number of hydrogen-bond acceptors (Lipinski definition) is 5. The molecule has 0 amide bonds. The summed E-state index contributed by atoms with van der Waals surface area (Å²) in [4.78, 5) is 4.55. The second-order valence-electron chi connectivity index (χ2n) is 4.94. The van der Waals surface area contributed by atoms with Crippen LogP contribution in [-0.4, -0.2) is 26.2 Å². The molecule has 0 N–H and O–H groups in total. The Morgan fingerprint density at radius 2 is 1.78 bits per heavy atom. The summed E-state index contributed by atoms with van der Waals surface area (Å²) in [6, 6.07) is 15.2. The molecule has 0 aliphatic rings. The standard InChI is InChI=1S/C17H14N4O2/c1-2-22-12-7-9-13(10-8-12)23-17-16-20-18-11-21(16)15-6-4-3-5-14(15)19-17/h3-11H,2H2,1H3. The van der Waals surface area contributed by atoms with E-state index in [4.69, 9.17) is 9.47 Å². The summed E-state index contributed by atoms with van der Waals surface area (Å²) in [6.07, 6.45) is 1.66. The SMILES string of the molecule is CCOc1ccc(Oc2nc3ccccc3n3cnnc23)cc1. The number of fused-ring (bicyclic) bond motifs is 3. The highest BCUT2D eigenvalue weighted by atomic mass is 16.5. The molecule has 0 aliphatic heterocycles. The van der Waals surface area contributed by atoms with Crippen LogP contribution in [0.5, 0.6) is 17.4 Å². The van der Waals surface area contributed by atoms with Crippen LogP contribution >= 0.6 is 0 Å². The Morgan fingerprint density at radius 1 is 1.00 bits per heavy atom. The van der Waals surface area contributed by atoms with Gasteiger partial charge >= 0.3 is 0 Å². The van der Waals surface area contributed by atoms with Crippen molar-refractivity contribution in [1.82, 2.24) is 19.6 Å². The van der Waals surface area contributed by atoms with E-state index in [-0.39, 0.29) is 0 Å². The normalized spacial score (nSPS) is 11.0. The minimum absolute atomic E-state index is 0.422. The zero-order valence-corrected chi connectivity index (χ0v) is 12.5. The van der Waals surface area contributed by atoms with Crippen molar-refractivity contribution in [2.24, 2.45) is 0 Å². The van der Waals surface area contributed by atoms with Crippen LogP contribution in [0.2, 0.25) is 0 Å². The summed E-state index contributed by atoms with van der Waals surface area (Å²) in [5, 5.41) is 8.08. The van der Waals surface area contributed by atoms with Crippen LogP contribution in [0.1, 0.15) is 6.92 Å². The van der Waals surface area contributed by atoms with Gasteiger partial charge in [-0.25, -0.2) is 4.98 Å². The number of hydrogen-bond donors (Lipinski definition) is 0. The van der Waals surface area contributed by atoms with Crippen molar-refractivity contribution in [3.63, 3.8) is 0 Å². The second kappa shape index (κ2) is 5.57. The average Bonchev–Trinajstić information content (AvgIpc) is 3.07. The quantitative estimate of drug-likeness (QED) is 0.578. The molecule has 4 rings (SSSR count). The van der Waals surface area contributed by atoms with E-state index in [0.717, 1.165) is 16.8 Å². The lowest BCUT2D eigenvalue weighted by molar-refractivity contribution is 0.339. The molecule has 0 bridgehead atoms.